The van der Waals surface area contributed by atoms with Crippen LogP contribution in [0.2, 0.25) is 0 Å². The van der Waals surface area contributed by atoms with Crippen molar-refractivity contribution in [2.45, 2.75) is 27.0 Å². The third-order valence-electron chi connectivity index (χ3n) is 2.98. The summed E-state index contributed by atoms with van der Waals surface area (Å²) in [7, 11) is 1.82. The Balaban J connectivity index is 2.07. The van der Waals surface area contributed by atoms with Crippen molar-refractivity contribution in [1.82, 2.24) is 19.3 Å². The zero-order valence-electron chi connectivity index (χ0n) is 11.3. The molecule has 0 unspecified atom stereocenters. The maximum absolute atomic E-state index is 12.0. The van der Waals surface area contributed by atoms with Gasteiger partial charge in [-0.2, -0.15) is 0 Å². The van der Waals surface area contributed by atoms with Gasteiger partial charge in [0.1, 0.15) is 11.5 Å². The summed E-state index contributed by atoms with van der Waals surface area (Å²) < 4.78 is 8.75. The first-order valence-electron chi connectivity index (χ1n) is 6.00. The van der Waals surface area contributed by atoms with Crippen LogP contribution >= 0.6 is 0 Å². The van der Waals surface area contributed by atoms with Crippen LogP contribution in [-0.2, 0) is 24.9 Å². The highest BCUT2D eigenvalue weighted by Crippen LogP contribution is 2.12. The highest BCUT2D eigenvalue weighted by Gasteiger charge is 2.15. The number of aromatic nitrogens is 4. The van der Waals surface area contributed by atoms with Crippen LogP contribution in [0.5, 0.6) is 0 Å². The van der Waals surface area contributed by atoms with E-state index in [-0.39, 0.29) is 6.61 Å². The van der Waals surface area contributed by atoms with Crippen LogP contribution in [0.25, 0.3) is 0 Å². The number of esters is 1. The van der Waals surface area contributed by atoms with E-state index in [9.17, 15) is 4.79 Å². The summed E-state index contributed by atoms with van der Waals surface area (Å²) in [6.45, 7) is 4.51. The summed E-state index contributed by atoms with van der Waals surface area (Å²) in [6.07, 6.45) is 1.71. The standard InChI is InChI=1S/C12H17N5O2/c1-4-17-6-9(13)5-10(17)12(18)19-7-11-15-14-8(2)16(11)3/h5-6H,4,7,13H2,1-3H3. The van der Waals surface area contributed by atoms with Crippen molar-refractivity contribution in [3.63, 3.8) is 0 Å². The number of ether oxygens (including phenoxy) is 1. The van der Waals surface area contributed by atoms with Gasteiger partial charge in [0.05, 0.1) is 5.69 Å². The molecule has 0 aliphatic carbocycles. The lowest BCUT2D eigenvalue weighted by molar-refractivity contribution is 0.0446. The minimum absolute atomic E-state index is 0.0883. The summed E-state index contributed by atoms with van der Waals surface area (Å²) >= 11 is 0. The van der Waals surface area contributed by atoms with Crippen LogP contribution in [0.1, 0.15) is 29.1 Å². The fraction of sp³-hybridized carbons (Fsp3) is 0.417. The van der Waals surface area contributed by atoms with E-state index in [0.717, 1.165) is 5.82 Å². The molecular formula is C12H17N5O2. The van der Waals surface area contributed by atoms with Gasteiger partial charge < -0.3 is 19.6 Å². The Morgan fingerprint density at radius 2 is 2.21 bits per heavy atom. The molecule has 0 aliphatic rings. The van der Waals surface area contributed by atoms with Crippen LogP contribution in [0.3, 0.4) is 0 Å². The zero-order chi connectivity index (χ0) is 14.0. The molecule has 2 aromatic heterocycles. The average Bonchev–Trinajstić information content (AvgIpc) is 2.92. The first-order valence-corrected chi connectivity index (χ1v) is 6.00. The van der Waals surface area contributed by atoms with E-state index < -0.39 is 5.97 Å². The number of nitrogens with zero attached hydrogens (tertiary/aromatic N) is 4. The van der Waals surface area contributed by atoms with Crippen molar-refractivity contribution >= 4 is 11.7 Å². The molecule has 0 aromatic carbocycles. The fourth-order valence-electron chi connectivity index (χ4n) is 1.75. The summed E-state index contributed by atoms with van der Waals surface area (Å²) in [5.74, 6) is 0.958. The second-order valence-electron chi connectivity index (χ2n) is 4.24. The molecule has 0 bridgehead atoms. The molecule has 0 saturated carbocycles. The maximum atomic E-state index is 12.0. The molecule has 0 atom stereocenters. The number of anilines is 1. The van der Waals surface area contributed by atoms with Crippen LogP contribution < -0.4 is 5.73 Å². The molecule has 2 aromatic rings. The fourth-order valence-corrected chi connectivity index (χ4v) is 1.75. The van der Waals surface area contributed by atoms with Crippen LogP contribution in [0.4, 0.5) is 5.69 Å². The van der Waals surface area contributed by atoms with Crippen LogP contribution in [0, 0.1) is 6.92 Å². The lowest BCUT2D eigenvalue weighted by Crippen LogP contribution is -2.12. The Bertz CT molecular complexity index is 599. The molecule has 0 fully saturated rings. The zero-order valence-corrected chi connectivity index (χ0v) is 11.3. The molecule has 0 saturated heterocycles. The van der Waals surface area contributed by atoms with Gasteiger partial charge in [-0.05, 0) is 19.9 Å². The average molecular weight is 263 g/mol. The van der Waals surface area contributed by atoms with Crippen LogP contribution in [-0.4, -0.2) is 25.3 Å². The van der Waals surface area contributed by atoms with Gasteiger partial charge in [-0.3, -0.25) is 0 Å². The van der Waals surface area contributed by atoms with Crippen molar-refractivity contribution in [3.05, 3.63) is 29.6 Å². The van der Waals surface area contributed by atoms with Gasteiger partial charge >= 0.3 is 5.97 Å². The van der Waals surface area contributed by atoms with E-state index >= 15 is 0 Å². The predicted molar refractivity (Wildman–Crippen MR) is 69.4 cm³/mol. The SMILES string of the molecule is CCn1cc(N)cc1C(=O)OCc1nnc(C)n1C. The quantitative estimate of drug-likeness (QED) is 0.827. The van der Waals surface area contributed by atoms with E-state index in [1.807, 2.05) is 20.9 Å². The number of rotatable bonds is 4. The number of hydrogen-bond donors (Lipinski definition) is 1. The molecule has 19 heavy (non-hydrogen) atoms. The van der Waals surface area contributed by atoms with E-state index in [1.54, 1.807) is 21.4 Å². The lowest BCUT2D eigenvalue weighted by atomic mass is 10.4. The number of nitrogens with two attached hydrogens (primary N) is 1. The molecular weight excluding hydrogens is 246 g/mol. The first kappa shape index (κ1) is 13.1. The number of aryl methyl sites for hydroxylation is 2. The highest BCUT2D eigenvalue weighted by molar-refractivity contribution is 5.89. The van der Waals surface area contributed by atoms with Crippen LogP contribution in [0.15, 0.2) is 12.3 Å². The Hall–Kier alpha value is -2.31. The van der Waals surface area contributed by atoms with E-state index in [4.69, 9.17) is 10.5 Å². The van der Waals surface area contributed by atoms with Crippen molar-refractivity contribution in [1.29, 1.82) is 0 Å². The second kappa shape index (κ2) is 5.13. The van der Waals surface area contributed by atoms with E-state index in [2.05, 4.69) is 10.2 Å². The Morgan fingerprint density at radius 3 is 2.79 bits per heavy atom. The van der Waals surface area contributed by atoms with Gasteiger partial charge in [0.15, 0.2) is 12.4 Å². The molecule has 102 valence electrons. The van der Waals surface area contributed by atoms with Gasteiger partial charge in [0, 0.05) is 19.8 Å². The van der Waals surface area contributed by atoms with Crippen molar-refractivity contribution < 1.29 is 9.53 Å². The summed E-state index contributed by atoms with van der Waals surface area (Å²) in [6, 6.07) is 1.60. The molecule has 2 heterocycles. The lowest BCUT2D eigenvalue weighted by Gasteiger charge is -2.06. The maximum Gasteiger partial charge on any atom is 0.355 e. The molecule has 7 nitrogen and oxygen atoms in total. The predicted octanol–water partition coefficient (Wildman–Crippen LogP) is 0.884. The third-order valence-corrected chi connectivity index (χ3v) is 2.98. The molecule has 0 radical (unpaired) electrons. The number of hydrogen-bond acceptors (Lipinski definition) is 5. The van der Waals surface area contributed by atoms with Crippen molar-refractivity contribution in [3.8, 4) is 0 Å². The second-order valence-corrected chi connectivity index (χ2v) is 4.24. The first-order chi connectivity index (χ1) is 9.02. The highest BCUT2D eigenvalue weighted by atomic mass is 16.5. The molecule has 2 rings (SSSR count). The monoisotopic (exact) mass is 263 g/mol. The topological polar surface area (TPSA) is 88.0 Å². The Morgan fingerprint density at radius 1 is 1.47 bits per heavy atom. The third kappa shape index (κ3) is 2.59. The smallest absolute Gasteiger partial charge is 0.355 e. The van der Waals surface area contributed by atoms with E-state index in [1.165, 1.54) is 0 Å². The normalized spacial score (nSPS) is 10.7. The molecule has 0 amide bonds. The molecule has 2 N–H and O–H groups in total. The molecule has 0 aliphatic heterocycles. The number of nitrogen functional groups attached to an aromatic ring is 1. The largest absolute Gasteiger partial charge is 0.453 e. The number of carbonyl (C=O) groups excluding carboxylic acids is 1. The van der Waals surface area contributed by atoms with Gasteiger partial charge in [0.25, 0.3) is 0 Å². The van der Waals surface area contributed by atoms with E-state index in [0.29, 0.717) is 23.8 Å². The van der Waals surface area contributed by atoms with Gasteiger partial charge in [0.2, 0.25) is 0 Å². The molecule has 7 heteroatoms. The Kier molecular flexibility index (Phi) is 3.55. The summed E-state index contributed by atoms with van der Waals surface area (Å²) in [4.78, 5) is 12.0. The summed E-state index contributed by atoms with van der Waals surface area (Å²) in [5, 5.41) is 7.83. The minimum atomic E-state index is -0.417. The molecule has 0 spiro atoms. The van der Waals surface area contributed by atoms with Crippen molar-refractivity contribution in [2.24, 2.45) is 7.05 Å². The van der Waals surface area contributed by atoms with Gasteiger partial charge in [-0.15, -0.1) is 10.2 Å². The number of carbonyl (C=O) groups is 1. The van der Waals surface area contributed by atoms with Gasteiger partial charge in [-0.1, -0.05) is 0 Å². The van der Waals surface area contributed by atoms with Crippen molar-refractivity contribution in [2.75, 3.05) is 5.73 Å². The van der Waals surface area contributed by atoms with Gasteiger partial charge in [-0.25, -0.2) is 4.79 Å². The minimum Gasteiger partial charge on any atom is -0.453 e. The summed E-state index contributed by atoms with van der Waals surface area (Å²) in [5.41, 5.74) is 6.66. The Labute approximate surface area is 111 Å².